The fraction of sp³-hybridized carbons (Fsp3) is 0.600. The summed E-state index contributed by atoms with van der Waals surface area (Å²) in [6.45, 7) is 3.96. The second-order valence-corrected chi connectivity index (χ2v) is 5.25. The number of esters is 1. The van der Waals surface area contributed by atoms with Crippen LogP contribution in [0.25, 0.3) is 0 Å². The number of aromatic nitrogens is 1. The number of nitrogens with zero attached hydrogens (tertiary/aromatic N) is 3. The van der Waals surface area contributed by atoms with Gasteiger partial charge in [-0.3, -0.25) is 4.79 Å². The molecule has 0 amide bonds. The van der Waals surface area contributed by atoms with Gasteiger partial charge >= 0.3 is 11.7 Å². The Kier molecular flexibility index (Phi) is 5.68. The van der Waals surface area contributed by atoms with Crippen molar-refractivity contribution >= 4 is 17.5 Å². The van der Waals surface area contributed by atoms with Crippen molar-refractivity contribution in [2.24, 2.45) is 5.92 Å². The number of ether oxygens (including phenoxy) is 1. The van der Waals surface area contributed by atoms with Crippen molar-refractivity contribution in [1.29, 1.82) is 0 Å². The molecule has 0 atom stereocenters. The first-order valence-electron chi connectivity index (χ1n) is 7.52. The molecule has 2 rings (SSSR count). The molecule has 1 aromatic rings. The Morgan fingerprint density at radius 2 is 2.14 bits per heavy atom. The smallest absolute Gasteiger partial charge is 0.335 e. The molecule has 0 bridgehead atoms. The predicted molar refractivity (Wildman–Crippen MR) is 80.7 cm³/mol. The van der Waals surface area contributed by atoms with E-state index in [1.54, 1.807) is 6.07 Å². The number of carbonyl (C=O) groups excluding carboxylic acids is 1. The van der Waals surface area contributed by atoms with Gasteiger partial charge < -0.3 is 9.64 Å². The van der Waals surface area contributed by atoms with E-state index in [4.69, 9.17) is 4.74 Å². The van der Waals surface area contributed by atoms with Crippen LogP contribution in [0, 0.1) is 10.8 Å². The molecule has 120 valence electrons. The van der Waals surface area contributed by atoms with Crippen LogP contribution in [0.4, 0.5) is 11.5 Å². The Bertz CT molecular complexity index is 510. The molecule has 0 aromatic carbocycles. The van der Waals surface area contributed by atoms with E-state index in [2.05, 4.69) is 14.7 Å². The van der Waals surface area contributed by atoms with Gasteiger partial charge in [-0.05, 0) is 31.7 Å². The number of piperidine rings is 1. The molecule has 0 spiro atoms. The van der Waals surface area contributed by atoms with E-state index in [0.29, 0.717) is 29.6 Å². The Labute approximate surface area is 129 Å². The first-order chi connectivity index (χ1) is 10.6. The number of pyridine rings is 1. The van der Waals surface area contributed by atoms with E-state index in [-0.39, 0.29) is 5.97 Å². The normalized spacial score (nSPS) is 15.5. The van der Waals surface area contributed by atoms with Gasteiger partial charge in [-0.2, -0.15) is 0 Å². The number of hydrogen-bond donors (Lipinski definition) is 0. The van der Waals surface area contributed by atoms with Crippen LogP contribution in [-0.2, 0) is 14.4 Å². The SMILES string of the molecule is CCOC(=O)CC1CCN(c2ccc([N+](=O)OC)cn2)CC1. The van der Waals surface area contributed by atoms with Gasteiger partial charge in [-0.1, -0.05) is 0 Å². The minimum atomic E-state index is -0.112. The molecular formula is C15H22N3O4+. The molecule has 1 aliphatic heterocycles. The maximum Gasteiger partial charge on any atom is 0.335 e. The quantitative estimate of drug-likeness (QED) is 0.593. The van der Waals surface area contributed by atoms with Gasteiger partial charge in [0.1, 0.15) is 12.0 Å². The van der Waals surface area contributed by atoms with E-state index >= 15 is 0 Å². The lowest BCUT2D eigenvalue weighted by Gasteiger charge is -2.32. The van der Waals surface area contributed by atoms with Gasteiger partial charge in [0.25, 0.3) is 4.92 Å². The third-order valence-electron chi connectivity index (χ3n) is 3.81. The molecular weight excluding hydrogens is 286 g/mol. The molecule has 7 nitrogen and oxygen atoms in total. The van der Waals surface area contributed by atoms with Crippen molar-refractivity contribution in [1.82, 2.24) is 4.98 Å². The maximum absolute atomic E-state index is 11.5. The van der Waals surface area contributed by atoms with Gasteiger partial charge in [0.15, 0.2) is 7.11 Å². The number of hydrogen-bond acceptors (Lipinski definition) is 6. The van der Waals surface area contributed by atoms with Crippen molar-refractivity contribution < 1.29 is 19.3 Å². The standard InChI is InChI=1S/C15H22N3O4/c1-3-22-15(19)10-12-6-8-17(9-7-12)14-5-4-13(11-16-14)18(20)21-2/h4-5,11-12H,3,6-10H2,1-2H3/q+1. The van der Waals surface area contributed by atoms with E-state index in [1.807, 2.05) is 13.0 Å². The van der Waals surface area contributed by atoms with Crippen LogP contribution in [0.2, 0.25) is 0 Å². The molecule has 1 saturated heterocycles. The first kappa shape index (κ1) is 16.2. The van der Waals surface area contributed by atoms with Crippen LogP contribution in [0.5, 0.6) is 0 Å². The minimum absolute atomic E-state index is 0.112. The van der Waals surface area contributed by atoms with Crippen molar-refractivity contribution in [3.05, 3.63) is 23.2 Å². The van der Waals surface area contributed by atoms with E-state index in [0.717, 1.165) is 31.7 Å². The molecule has 7 heteroatoms. The lowest BCUT2D eigenvalue weighted by molar-refractivity contribution is -0.736. The van der Waals surface area contributed by atoms with Crippen molar-refractivity contribution in [3.8, 4) is 0 Å². The summed E-state index contributed by atoms with van der Waals surface area (Å²) in [5.41, 5.74) is 0.364. The zero-order valence-corrected chi connectivity index (χ0v) is 13.0. The highest BCUT2D eigenvalue weighted by molar-refractivity contribution is 5.69. The monoisotopic (exact) mass is 308 g/mol. The molecule has 2 heterocycles. The van der Waals surface area contributed by atoms with Crippen molar-refractivity contribution in [2.45, 2.75) is 26.2 Å². The number of carbonyl (C=O) groups is 1. The average Bonchev–Trinajstić information content (AvgIpc) is 2.55. The van der Waals surface area contributed by atoms with Crippen LogP contribution in [-0.4, -0.2) is 42.7 Å². The van der Waals surface area contributed by atoms with Crippen LogP contribution in [0.3, 0.4) is 0 Å². The Morgan fingerprint density at radius 1 is 1.41 bits per heavy atom. The summed E-state index contributed by atoms with van der Waals surface area (Å²) in [7, 11) is 1.31. The summed E-state index contributed by atoms with van der Waals surface area (Å²) < 4.78 is 4.99. The molecule has 1 fully saturated rings. The molecule has 0 N–H and O–H groups in total. The van der Waals surface area contributed by atoms with E-state index in [9.17, 15) is 9.70 Å². The van der Waals surface area contributed by atoms with Gasteiger partial charge in [0.2, 0.25) is 0 Å². The Hall–Kier alpha value is -2.18. The molecule has 0 aliphatic carbocycles. The van der Waals surface area contributed by atoms with E-state index < -0.39 is 0 Å². The largest absolute Gasteiger partial charge is 0.466 e. The van der Waals surface area contributed by atoms with Gasteiger partial charge in [-0.15, -0.1) is 0 Å². The molecule has 1 aliphatic rings. The third kappa shape index (κ3) is 4.16. The summed E-state index contributed by atoms with van der Waals surface area (Å²) >= 11 is 0. The van der Waals surface area contributed by atoms with Gasteiger partial charge in [-0.25, -0.2) is 9.82 Å². The summed E-state index contributed by atoms with van der Waals surface area (Å²) in [5, 5.41) is 0. The highest BCUT2D eigenvalue weighted by atomic mass is 16.8. The zero-order valence-electron chi connectivity index (χ0n) is 13.0. The highest BCUT2D eigenvalue weighted by Gasteiger charge is 2.23. The Morgan fingerprint density at radius 3 is 2.68 bits per heavy atom. The van der Waals surface area contributed by atoms with Crippen LogP contribution < -0.4 is 4.90 Å². The fourth-order valence-corrected chi connectivity index (χ4v) is 2.60. The third-order valence-corrected chi connectivity index (χ3v) is 3.81. The zero-order chi connectivity index (χ0) is 15.9. The lowest BCUT2D eigenvalue weighted by Crippen LogP contribution is -2.35. The first-order valence-corrected chi connectivity index (χ1v) is 7.52. The van der Waals surface area contributed by atoms with Crippen LogP contribution >= 0.6 is 0 Å². The van der Waals surface area contributed by atoms with Gasteiger partial charge in [0.05, 0.1) is 11.5 Å². The van der Waals surface area contributed by atoms with Crippen LogP contribution in [0.15, 0.2) is 18.3 Å². The maximum atomic E-state index is 11.5. The molecule has 0 radical (unpaired) electrons. The minimum Gasteiger partial charge on any atom is -0.466 e. The van der Waals surface area contributed by atoms with Crippen molar-refractivity contribution in [3.63, 3.8) is 0 Å². The summed E-state index contributed by atoms with van der Waals surface area (Å²) in [6, 6.07) is 3.49. The van der Waals surface area contributed by atoms with Crippen LogP contribution in [0.1, 0.15) is 26.2 Å². The summed E-state index contributed by atoms with van der Waals surface area (Å²) in [4.78, 5) is 34.2. The van der Waals surface area contributed by atoms with Gasteiger partial charge in [0, 0.05) is 25.6 Å². The molecule has 22 heavy (non-hydrogen) atoms. The summed E-state index contributed by atoms with van der Waals surface area (Å²) in [5.74, 6) is 1.10. The number of anilines is 1. The predicted octanol–water partition coefficient (Wildman–Crippen LogP) is 2.22. The molecule has 0 saturated carbocycles. The second kappa shape index (κ2) is 7.72. The average molecular weight is 308 g/mol. The highest BCUT2D eigenvalue weighted by Crippen LogP contribution is 2.25. The second-order valence-electron chi connectivity index (χ2n) is 5.25. The van der Waals surface area contributed by atoms with Crippen molar-refractivity contribution in [2.75, 3.05) is 31.7 Å². The lowest BCUT2D eigenvalue weighted by atomic mass is 9.93. The molecule has 1 aromatic heterocycles. The number of rotatable bonds is 6. The topological polar surface area (TPSA) is 71.7 Å². The fourth-order valence-electron chi connectivity index (χ4n) is 2.60. The Balaban J connectivity index is 1.86. The molecule has 0 unspecified atom stereocenters. The van der Waals surface area contributed by atoms with E-state index in [1.165, 1.54) is 13.3 Å². The summed E-state index contributed by atoms with van der Waals surface area (Å²) in [6.07, 6.45) is 3.87.